The van der Waals surface area contributed by atoms with Gasteiger partial charge in [0.15, 0.2) is 0 Å². The van der Waals surface area contributed by atoms with Crippen LogP contribution in [0.5, 0.6) is 0 Å². The quantitative estimate of drug-likeness (QED) is 0.763. The van der Waals surface area contributed by atoms with Crippen LogP contribution in [0.1, 0.15) is 30.4 Å². The van der Waals surface area contributed by atoms with Gasteiger partial charge < -0.3 is 4.90 Å². The van der Waals surface area contributed by atoms with Crippen molar-refractivity contribution in [1.29, 1.82) is 0 Å². The van der Waals surface area contributed by atoms with E-state index in [-0.39, 0.29) is 5.91 Å². The number of aryl methyl sites for hydroxylation is 2. The Kier molecular flexibility index (Phi) is 5.85. The summed E-state index contributed by atoms with van der Waals surface area (Å²) < 4.78 is 25.8. The Morgan fingerprint density at radius 2 is 1.81 bits per heavy atom. The molecule has 0 atom stereocenters. The van der Waals surface area contributed by atoms with Crippen molar-refractivity contribution in [1.82, 2.24) is 0 Å². The summed E-state index contributed by atoms with van der Waals surface area (Å²) in [6.45, 7) is 2.98. The predicted molar refractivity (Wildman–Crippen MR) is 110 cm³/mol. The summed E-state index contributed by atoms with van der Waals surface area (Å²) in [7, 11) is -3.39. The summed E-state index contributed by atoms with van der Waals surface area (Å²) >= 11 is 0. The van der Waals surface area contributed by atoms with Crippen molar-refractivity contribution in [2.45, 2.75) is 32.6 Å². The number of nitrogens with zero attached hydrogens (tertiary/aromatic N) is 2. The fourth-order valence-corrected chi connectivity index (χ4v) is 4.46. The molecule has 5 nitrogen and oxygen atoms in total. The van der Waals surface area contributed by atoms with E-state index in [9.17, 15) is 13.2 Å². The van der Waals surface area contributed by atoms with Gasteiger partial charge in [0, 0.05) is 25.2 Å². The van der Waals surface area contributed by atoms with Gasteiger partial charge in [-0.15, -0.1) is 0 Å². The first-order valence-electron chi connectivity index (χ1n) is 9.29. The van der Waals surface area contributed by atoms with E-state index in [0.717, 1.165) is 30.6 Å². The van der Waals surface area contributed by atoms with Gasteiger partial charge >= 0.3 is 0 Å². The van der Waals surface area contributed by atoms with Crippen molar-refractivity contribution in [3.63, 3.8) is 0 Å². The lowest BCUT2D eigenvalue weighted by Crippen LogP contribution is -2.36. The lowest BCUT2D eigenvalue weighted by atomic mass is 10.0. The van der Waals surface area contributed by atoms with E-state index in [1.54, 1.807) is 12.1 Å². The van der Waals surface area contributed by atoms with Gasteiger partial charge in [0.05, 0.1) is 11.9 Å². The summed E-state index contributed by atoms with van der Waals surface area (Å²) in [6.07, 6.45) is 3.97. The normalized spacial score (nSPS) is 13.9. The minimum absolute atomic E-state index is 0.0551. The number of sulfonamides is 1. The highest BCUT2D eigenvalue weighted by molar-refractivity contribution is 7.92. The maximum Gasteiger partial charge on any atom is 0.232 e. The molecule has 0 radical (unpaired) electrons. The molecule has 0 saturated carbocycles. The standard InChI is InChI=1S/C21H26N2O3S/c1-17-11-13-19(14-12-17)23(27(2,25)26)16-6-10-21(24)22-15-5-8-18-7-3-4-9-20(18)22/h3-4,7,9,11-14H,5-6,8,10,15-16H2,1-2H3. The number of hydrogen-bond donors (Lipinski definition) is 0. The molecule has 2 aromatic rings. The number of carbonyl (C=O) groups excluding carboxylic acids is 1. The minimum atomic E-state index is -3.39. The van der Waals surface area contributed by atoms with Gasteiger partial charge in [0.1, 0.15) is 0 Å². The highest BCUT2D eigenvalue weighted by Gasteiger charge is 2.23. The SMILES string of the molecule is Cc1ccc(N(CCCC(=O)N2CCCc3ccccc32)S(C)(=O)=O)cc1. The highest BCUT2D eigenvalue weighted by atomic mass is 32.2. The predicted octanol–water partition coefficient (Wildman–Crippen LogP) is 3.52. The third-order valence-corrected chi connectivity index (χ3v) is 6.08. The van der Waals surface area contributed by atoms with Gasteiger partial charge in [-0.1, -0.05) is 35.9 Å². The molecule has 27 heavy (non-hydrogen) atoms. The van der Waals surface area contributed by atoms with Crippen LogP contribution >= 0.6 is 0 Å². The molecule has 0 bridgehead atoms. The van der Waals surface area contributed by atoms with Gasteiger partial charge in [-0.25, -0.2) is 8.42 Å². The molecule has 2 aromatic carbocycles. The van der Waals surface area contributed by atoms with Crippen LogP contribution < -0.4 is 9.21 Å². The molecule has 1 aliphatic rings. The number of hydrogen-bond acceptors (Lipinski definition) is 3. The Morgan fingerprint density at radius 1 is 1.11 bits per heavy atom. The maximum atomic E-state index is 12.7. The zero-order chi connectivity index (χ0) is 19.4. The average Bonchev–Trinajstić information content (AvgIpc) is 2.64. The van der Waals surface area contributed by atoms with E-state index in [1.165, 1.54) is 16.1 Å². The summed E-state index contributed by atoms with van der Waals surface area (Å²) in [6, 6.07) is 15.4. The lowest BCUT2D eigenvalue weighted by Gasteiger charge is -2.30. The second-order valence-corrected chi connectivity index (χ2v) is 8.96. The first-order chi connectivity index (χ1) is 12.9. The summed E-state index contributed by atoms with van der Waals surface area (Å²) in [5.74, 6) is 0.0551. The second-order valence-electron chi connectivity index (χ2n) is 7.05. The Bertz CT molecular complexity index is 907. The van der Waals surface area contributed by atoms with E-state index in [4.69, 9.17) is 0 Å². The monoisotopic (exact) mass is 386 g/mol. The number of anilines is 2. The van der Waals surface area contributed by atoms with Gasteiger partial charge in [-0.2, -0.15) is 0 Å². The van der Waals surface area contributed by atoms with Crippen LogP contribution in [0.4, 0.5) is 11.4 Å². The Balaban J connectivity index is 1.65. The zero-order valence-corrected chi connectivity index (χ0v) is 16.7. The van der Waals surface area contributed by atoms with Crippen molar-refractivity contribution >= 4 is 27.3 Å². The first-order valence-corrected chi connectivity index (χ1v) is 11.1. The first kappa shape index (κ1) is 19.4. The molecule has 0 spiro atoms. The Morgan fingerprint density at radius 3 is 2.52 bits per heavy atom. The Hall–Kier alpha value is -2.34. The van der Waals surface area contributed by atoms with E-state index >= 15 is 0 Å². The number of benzene rings is 2. The molecule has 0 N–H and O–H groups in total. The fourth-order valence-electron chi connectivity index (χ4n) is 3.50. The van der Waals surface area contributed by atoms with Crippen LogP contribution in [-0.2, 0) is 21.2 Å². The van der Waals surface area contributed by atoms with E-state index in [1.807, 2.05) is 42.2 Å². The van der Waals surface area contributed by atoms with Gasteiger partial charge in [0.2, 0.25) is 15.9 Å². The van der Waals surface area contributed by atoms with Crippen LogP contribution in [0.25, 0.3) is 0 Å². The maximum absolute atomic E-state index is 12.7. The summed E-state index contributed by atoms with van der Waals surface area (Å²) in [5.41, 5.74) is 3.91. The van der Waals surface area contributed by atoms with Crippen LogP contribution in [0.15, 0.2) is 48.5 Å². The van der Waals surface area contributed by atoms with Crippen molar-refractivity contribution in [2.24, 2.45) is 0 Å². The smallest absolute Gasteiger partial charge is 0.232 e. The zero-order valence-electron chi connectivity index (χ0n) is 15.9. The van der Waals surface area contributed by atoms with Crippen molar-refractivity contribution in [2.75, 3.05) is 28.6 Å². The number of rotatable bonds is 6. The molecule has 1 amide bonds. The Labute approximate surface area is 161 Å². The number of amides is 1. The largest absolute Gasteiger partial charge is 0.312 e. The molecule has 0 unspecified atom stereocenters. The van der Waals surface area contributed by atoms with Crippen molar-refractivity contribution < 1.29 is 13.2 Å². The fraction of sp³-hybridized carbons (Fsp3) is 0.381. The molecular weight excluding hydrogens is 360 g/mol. The molecule has 0 aliphatic carbocycles. The second kappa shape index (κ2) is 8.13. The lowest BCUT2D eigenvalue weighted by molar-refractivity contribution is -0.118. The molecule has 1 heterocycles. The molecule has 0 aromatic heterocycles. The third-order valence-electron chi connectivity index (χ3n) is 4.89. The average molecular weight is 387 g/mol. The van der Waals surface area contributed by atoms with Gasteiger partial charge in [-0.05, 0) is 49.9 Å². The van der Waals surface area contributed by atoms with Crippen LogP contribution in [0.3, 0.4) is 0 Å². The molecule has 6 heteroatoms. The summed E-state index contributed by atoms with van der Waals surface area (Å²) in [5, 5.41) is 0. The van der Waals surface area contributed by atoms with Crippen LogP contribution in [-0.4, -0.2) is 33.7 Å². The number of carbonyl (C=O) groups is 1. The number of para-hydroxylation sites is 1. The molecular formula is C21H26N2O3S. The van der Waals surface area contributed by atoms with Crippen LogP contribution in [0.2, 0.25) is 0 Å². The highest BCUT2D eigenvalue weighted by Crippen LogP contribution is 2.27. The van der Waals surface area contributed by atoms with E-state index in [2.05, 4.69) is 6.07 Å². The molecule has 1 aliphatic heterocycles. The summed E-state index contributed by atoms with van der Waals surface area (Å²) in [4.78, 5) is 14.6. The molecule has 0 saturated heterocycles. The van der Waals surface area contributed by atoms with Gasteiger partial charge in [-0.3, -0.25) is 9.10 Å². The molecule has 144 valence electrons. The number of fused-ring (bicyclic) bond motifs is 1. The van der Waals surface area contributed by atoms with E-state index in [0.29, 0.717) is 25.1 Å². The topological polar surface area (TPSA) is 57.7 Å². The van der Waals surface area contributed by atoms with Crippen molar-refractivity contribution in [3.8, 4) is 0 Å². The minimum Gasteiger partial charge on any atom is -0.312 e. The van der Waals surface area contributed by atoms with Crippen molar-refractivity contribution in [3.05, 3.63) is 59.7 Å². The van der Waals surface area contributed by atoms with E-state index < -0.39 is 10.0 Å². The third kappa shape index (κ3) is 4.69. The van der Waals surface area contributed by atoms with Gasteiger partial charge in [0.25, 0.3) is 0 Å². The molecule has 3 rings (SSSR count). The van der Waals surface area contributed by atoms with Crippen LogP contribution in [0, 0.1) is 6.92 Å². The molecule has 0 fully saturated rings.